The van der Waals surface area contributed by atoms with Crippen LogP contribution < -0.4 is 15.5 Å². The number of rotatable bonds is 5. The van der Waals surface area contributed by atoms with Crippen LogP contribution in [-0.4, -0.2) is 70.0 Å². The third-order valence-corrected chi connectivity index (χ3v) is 6.18. The summed E-state index contributed by atoms with van der Waals surface area (Å²) >= 11 is 0. The van der Waals surface area contributed by atoms with Crippen molar-refractivity contribution in [3.63, 3.8) is 0 Å². The molecule has 4 heterocycles. The molecule has 0 saturated carbocycles. The summed E-state index contributed by atoms with van der Waals surface area (Å²) < 4.78 is 88.2. The second-order valence-corrected chi connectivity index (χ2v) is 8.75. The predicted octanol–water partition coefficient (Wildman–Crippen LogP) is 2.03. The van der Waals surface area contributed by atoms with Gasteiger partial charge in [0.15, 0.2) is 0 Å². The van der Waals surface area contributed by atoms with Crippen molar-refractivity contribution in [2.75, 3.05) is 24.5 Å². The Hall–Kier alpha value is -3.30. The number of hydrogen-bond acceptors (Lipinski definition) is 8. The first-order chi connectivity index (χ1) is 16.8. The van der Waals surface area contributed by atoms with E-state index in [1.54, 1.807) is 4.57 Å². The number of piperidine rings is 1. The molecule has 198 valence electrons. The quantitative estimate of drug-likeness (QED) is 0.451. The SMILES string of the molecule is CC1(NC(=O)c2cn3c(n2)CN(c2ncco2)CC3)CCNCC1C(=O)OC(C(F)(F)F)C(F)(F)F. The second-order valence-electron chi connectivity index (χ2n) is 8.75. The summed E-state index contributed by atoms with van der Waals surface area (Å²) in [6, 6.07) is 0.384. The van der Waals surface area contributed by atoms with Gasteiger partial charge in [-0.1, -0.05) is 0 Å². The van der Waals surface area contributed by atoms with Crippen LogP contribution in [0, 0.1) is 5.92 Å². The zero-order valence-electron chi connectivity index (χ0n) is 18.8. The summed E-state index contributed by atoms with van der Waals surface area (Å²) in [4.78, 5) is 35.7. The number of carbonyl (C=O) groups excluding carboxylic acids is 2. The average molecular weight is 524 g/mol. The van der Waals surface area contributed by atoms with Crippen LogP contribution in [0.15, 0.2) is 23.1 Å². The lowest BCUT2D eigenvalue weighted by Gasteiger charge is -2.41. The Labute approximate surface area is 200 Å². The molecule has 2 aliphatic rings. The van der Waals surface area contributed by atoms with Gasteiger partial charge in [0.05, 0.1) is 24.2 Å². The summed E-state index contributed by atoms with van der Waals surface area (Å²) in [7, 11) is 0. The van der Waals surface area contributed by atoms with Crippen molar-refractivity contribution in [3.8, 4) is 0 Å². The van der Waals surface area contributed by atoms with Gasteiger partial charge < -0.3 is 29.3 Å². The Kier molecular flexibility index (Phi) is 6.66. The lowest BCUT2D eigenvalue weighted by atomic mass is 9.79. The van der Waals surface area contributed by atoms with Gasteiger partial charge in [0, 0.05) is 25.8 Å². The number of ether oxygens (including phenoxy) is 1. The largest absolute Gasteiger partial charge is 0.442 e. The van der Waals surface area contributed by atoms with E-state index in [0.717, 1.165) is 0 Å². The Morgan fingerprint density at radius 2 is 1.97 bits per heavy atom. The number of anilines is 1. The standard InChI is InChI=1S/C20H22F6N6O4/c1-18(2-3-27-8-11(18)15(34)36-16(19(21,22)23)20(24,25)26)30-14(33)12-9-31-5-6-32(10-13(31)29-12)17-28-4-7-35-17/h4,7,9,11,16,27H,2-3,5-6,8,10H2,1H3,(H,30,33). The monoisotopic (exact) mass is 524 g/mol. The van der Waals surface area contributed by atoms with Crippen LogP contribution in [0.3, 0.4) is 0 Å². The molecule has 2 aromatic heterocycles. The van der Waals surface area contributed by atoms with Gasteiger partial charge in [-0.2, -0.15) is 26.3 Å². The van der Waals surface area contributed by atoms with E-state index < -0.39 is 41.8 Å². The van der Waals surface area contributed by atoms with E-state index in [1.165, 1.54) is 25.6 Å². The molecule has 0 aliphatic carbocycles. The summed E-state index contributed by atoms with van der Waals surface area (Å²) in [6.45, 7) is 2.62. The highest BCUT2D eigenvalue weighted by Gasteiger charge is 2.61. The number of hydrogen-bond donors (Lipinski definition) is 2. The highest BCUT2D eigenvalue weighted by Crippen LogP contribution is 2.37. The maximum absolute atomic E-state index is 13.0. The number of imidazole rings is 1. The molecule has 0 radical (unpaired) electrons. The molecule has 0 aromatic carbocycles. The van der Waals surface area contributed by atoms with E-state index in [0.29, 0.717) is 31.5 Å². The van der Waals surface area contributed by atoms with Gasteiger partial charge in [0.1, 0.15) is 17.8 Å². The number of nitrogens with zero attached hydrogens (tertiary/aromatic N) is 4. The molecule has 2 aromatic rings. The molecule has 1 fully saturated rings. The molecule has 0 bridgehead atoms. The number of carbonyl (C=O) groups is 2. The van der Waals surface area contributed by atoms with E-state index in [2.05, 4.69) is 25.3 Å². The van der Waals surface area contributed by atoms with Crippen LogP contribution in [0.1, 0.15) is 29.7 Å². The Morgan fingerprint density at radius 1 is 1.25 bits per heavy atom. The number of amides is 1. The molecule has 4 rings (SSSR count). The molecule has 2 N–H and O–H groups in total. The Bertz CT molecular complexity index is 1090. The van der Waals surface area contributed by atoms with Gasteiger partial charge in [0.2, 0.25) is 0 Å². The summed E-state index contributed by atoms with van der Waals surface area (Å²) in [6.07, 6.45) is -11.5. The third kappa shape index (κ3) is 5.27. The number of alkyl halides is 6. The van der Waals surface area contributed by atoms with Crippen molar-refractivity contribution in [1.29, 1.82) is 0 Å². The first-order valence-electron chi connectivity index (χ1n) is 10.9. The smallest absolute Gasteiger partial charge is 0.434 e. The molecular weight excluding hydrogens is 502 g/mol. The molecule has 1 saturated heterocycles. The van der Waals surface area contributed by atoms with Gasteiger partial charge in [-0.3, -0.25) is 9.59 Å². The number of halogens is 6. The number of fused-ring (bicyclic) bond motifs is 1. The van der Waals surface area contributed by atoms with Crippen molar-refractivity contribution in [3.05, 3.63) is 30.2 Å². The molecular formula is C20H22F6N6O4. The zero-order valence-corrected chi connectivity index (χ0v) is 18.8. The molecule has 2 aliphatic heterocycles. The highest BCUT2D eigenvalue weighted by atomic mass is 19.4. The fourth-order valence-electron chi connectivity index (χ4n) is 4.22. The summed E-state index contributed by atoms with van der Waals surface area (Å²) in [5.41, 5.74) is -1.51. The topological polar surface area (TPSA) is 115 Å². The number of esters is 1. The van der Waals surface area contributed by atoms with Crippen molar-refractivity contribution in [2.45, 2.75) is 50.4 Å². The van der Waals surface area contributed by atoms with Gasteiger partial charge in [-0.15, -0.1) is 0 Å². The van der Waals surface area contributed by atoms with E-state index in [1.807, 2.05) is 4.90 Å². The maximum Gasteiger partial charge on any atom is 0.434 e. The van der Waals surface area contributed by atoms with Gasteiger partial charge in [0.25, 0.3) is 18.0 Å². The minimum atomic E-state index is -5.84. The van der Waals surface area contributed by atoms with Gasteiger partial charge in [-0.25, -0.2) is 9.97 Å². The van der Waals surface area contributed by atoms with Crippen molar-refractivity contribution in [1.82, 2.24) is 25.2 Å². The number of oxazole rings is 1. The van der Waals surface area contributed by atoms with Crippen LogP contribution in [0.2, 0.25) is 0 Å². The van der Waals surface area contributed by atoms with Crippen LogP contribution >= 0.6 is 0 Å². The number of nitrogens with one attached hydrogen (secondary N) is 2. The van der Waals surface area contributed by atoms with Gasteiger partial charge >= 0.3 is 18.3 Å². The highest BCUT2D eigenvalue weighted by molar-refractivity contribution is 5.93. The minimum Gasteiger partial charge on any atom is -0.442 e. The van der Waals surface area contributed by atoms with Crippen LogP contribution in [-0.2, 0) is 22.6 Å². The molecule has 2 unspecified atom stereocenters. The van der Waals surface area contributed by atoms with Crippen molar-refractivity contribution >= 4 is 17.9 Å². The lowest BCUT2D eigenvalue weighted by molar-refractivity contribution is -0.314. The molecule has 10 nitrogen and oxygen atoms in total. The molecule has 2 atom stereocenters. The summed E-state index contributed by atoms with van der Waals surface area (Å²) in [5.74, 6) is -3.45. The molecule has 1 amide bonds. The van der Waals surface area contributed by atoms with E-state index in [-0.39, 0.29) is 25.2 Å². The minimum absolute atomic E-state index is 0.0189. The van der Waals surface area contributed by atoms with Crippen molar-refractivity contribution in [2.24, 2.45) is 5.92 Å². The Morgan fingerprint density at radius 3 is 2.61 bits per heavy atom. The average Bonchev–Trinajstić information content (AvgIpc) is 3.45. The Balaban J connectivity index is 1.48. The van der Waals surface area contributed by atoms with E-state index >= 15 is 0 Å². The van der Waals surface area contributed by atoms with Gasteiger partial charge in [-0.05, 0) is 19.9 Å². The van der Waals surface area contributed by atoms with E-state index in [9.17, 15) is 35.9 Å². The first-order valence-corrected chi connectivity index (χ1v) is 10.9. The van der Waals surface area contributed by atoms with Crippen LogP contribution in [0.5, 0.6) is 0 Å². The third-order valence-electron chi connectivity index (χ3n) is 6.18. The number of aromatic nitrogens is 3. The van der Waals surface area contributed by atoms with Crippen molar-refractivity contribution < 1.29 is 45.1 Å². The lowest BCUT2D eigenvalue weighted by Crippen LogP contribution is -2.62. The molecule has 0 spiro atoms. The van der Waals surface area contributed by atoms with Crippen LogP contribution in [0.25, 0.3) is 0 Å². The summed E-state index contributed by atoms with van der Waals surface area (Å²) in [5, 5.41) is 5.32. The normalized spacial score (nSPS) is 22.9. The molecule has 16 heteroatoms. The van der Waals surface area contributed by atoms with Crippen LogP contribution in [0.4, 0.5) is 32.4 Å². The fourth-order valence-corrected chi connectivity index (χ4v) is 4.22. The molecule has 36 heavy (non-hydrogen) atoms. The first kappa shape index (κ1) is 25.8. The second kappa shape index (κ2) is 9.29. The maximum atomic E-state index is 13.0. The predicted molar refractivity (Wildman–Crippen MR) is 109 cm³/mol. The van der Waals surface area contributed by atoms with E-state index in [4.69, 9.17) is 4.42 Å². The fraction of sp³-hybridized carbons (Fsp3) is 0.600. The zero-order chi connectivity index (χ0) is 26.3.